The minimum Gasteiger partial charge on any atom is -0.462 e. The quantitative estimate of drug-likeness (QED) is 0.799. The van der Waals surface area contributed by atoms with Gasteiger partial charge < -0.3 is 15.0 Å². The molecule has 0 aromatic carbocycles. The van der Waals surface area contributed by atoms with Crippen LogP contribution in [0.5, 0.6) is 0 Å². The fraction of sp³-hybridized carbons (Fsp3) is 0.588. The molecule has 1 fully saturated rings. The zero-order valence-electron chi connectivity index (χ0n) is 14.1. The van der Waals surface area contributed by atoms with Crippen LogP contribution < -0.4 is 5.32 Å². The van der Waals surface area contributed by atoms with Crippen molar-refractivity contribution in [1.82, 2.24) is 4.90 Å². The molecule has 1 amide bonds. The molecule has 6 nitrogen and oxygen atoms in total. The number of nitrogens with zero attached hydrogens (tertiary/aromatic N) is 2. The summed E-state index contributed by atoms with van der Waals surface area (Å²) in [6.07, 6.45) is 2.25. The number of nitrogens with one attached hydrogen (secondary N) is 1. The van der Waals surface area contributed by atoms with Crippen LogP contribution in [0.4, 0.5) is 5.00 Å². The van der Waals surface area contributed by atoms with Crippen molar-refractivity contribution in [2.45, 2.75) is 33.1 Å². The van der Waals surface area contributed by atoms with Crippen molar-refractivity contribution in [2.24, 2.45) is 5.92 Å². The molecule has 24 heavy (non-hydrogen) atoms. The second-order valence-electron chi connectivity index (χ2n) is 5.86. The lowest BCUT2D eigenvalue weighted by Crippen LogP contribution is -2.41. The summed E-state index contributed by atoms with van der Waals surface area (Å²) in [6, 6.07) is 3.89. The summed E-state index contributed by atoms with van der Waals surface area (Å²) in [5.41, 5.74) is 0.421. The number of hydrogen-bond acceptors (Lipinski definition) is 6. The maximum absolute atomic E-state index is 12.6. The van der Waals surface area contributed by atoms with Crippen molar-refractivity contribution in [3.05, 3.63) is 16.5 Å². The zero-order chi connectivity index (χ0) is 17.5. The number of nitriles is 1. The van der Waals surface area contributed by atoms with E-state index in [1.54, 1.807) is 13.0 Å². The monoisotopic (exact) mass is 349 g/mol. The number of ether oxygens (including phenoxy) is 1. The first-order chi connectivity index (χ1) is 11.5. The molecule has 1 N–H and O–H groups in total. The van der Waals surface area contributed by atoms with Crippen LogP contribution >= 0.6 is 11.3 Å². The number of carbonyl (C=O) groups is 2. The van der Waals surface area contributed by atoms with Gasteiger partial charge in [0.1, 0.15) is 5.00 Å². The number of anilines is 1. The average Bonchev–Trinajstić information content (AvgIpc) is 2.94. The van der Waals surface area contributed by atoms with Crippen molar-refractivity contribution in [3.8, 4) is 6.07 Å². The van der Waals surface area contributed by atoms with E-state index in [1.165, 1.54) is 11.3 Å². The molecular formula is C17H23N3O3S. The van der Waals surface area contributed by atoms with Crippen LogP contribution in [0.2, 0.25) is 0 Å². The van der Waals surface area contributed by atoms with Crippen LogP contribution in [0.15, 0.2) is 6.07 Å². The number of amides is 1. The van der Waals surface area contributed by atoms with Gasteiger partial charge in [-0.15, -0.1) is 11.3 Å². The van der Waals surface area contributed by atoms with Gasteiger partial charge in [-0.3, -0.25) is 4.79 Å². The summed E-state index contributed by atoms with van der Waals surface area (Å²) in [6.45, 7) is 6.24. The highest BCUT2D eigenvalue weighted by molar-refractivity contribution is 7.16. The third-order valence-corrected chi connectivity index (χ3v) is 4.97. The van der Waals surface area contributed by atoms with Gasteiger partial charge in [0.05, 0.1) is 24.2 Å². The van der Waals surface area contributed by atoms with Gasteiger partial charge in [0, 0.05) is 24.4 Å². The first-order valence-corrected chi connectivity index (χ1v) is 9.04. The highest BCUT2D eigenvalue weighted by Gasteiger charge is 2.27. The predicted molar refractivity (Wildman–Crippen MR) is 93.0 cm³/mol. The molecule has 1 saturated heterocycles. The van der Waals surface area contributed by atoms with Crippen LogP contribution in [-0.4, -0.2) is 43.0 Å². The van der Waals surface area contributed by atoms with Crippen molar-refractivity contribution in [2.75, 3.05) is 31.6 Å². The second kappa shape index (κ2) is 8.81. The number of rotatable bonds is 6. The number of thiophene rings is 1. The molecule has 1 aliphatic rings. The van der Waals surface area contributed by atoms with Crippen LogP contribution in [0.25, 0.3) is 0 Å². The standard InChI is InChI=1S/C17H23N3O3S/c1-3-23-17(22)14-10-12(2)24-16(14)19-15(21)13-6-4-8-20(11-13)9-5-7-18/h10,13H,3-6,8-9,11H2,1-2H3,(H,19,21). The minimum absolute atomic E-state index is 0.0657. The summed E-state index contributed by atoms with van der Waals surface area (Å²) in [5, 5.41) is 12.2. The van der Waals surface area contributed by atoms with Gasteiger partial charge in [-0.25, -0.2) is 4.79 Å². The second-order valence-corrected chi connectivity index (χ2v) is 7.11. The fourth-order valence-electron chi connectivity index (χ4n) is 2.86. The fourth-order valence-corrected chi connectivity index (χ4v) is 3.76. The summed E-state index contributed by atoms with van der Waals surface area (Å²) in [7, 11) is 0. The molecule has 130 valence electrons. The Morgan fingerprint density at radius 1 is 1.54 bits per heavy atom. The first kappa shape index (κ1) is 18.4. The molecule has 0 radical (unpaired) electrons. The van der Waals surface area contributed by atoms with Crippen LogP contribution in [-0.2, 0) is 9.53 Å². The maximum Gasteiger partial charge on any atom is 0.341 e. The summed E-state index contributed by atoms with van der Waals surface area (Å²) in [5.74, 6) is -0.588. The molecular weight excluding hydrogens is 326 g/mol. The number of piperidine rings is 1. The number of carbonyl (C=O) groups excluding carboxylic acids is 2. The third-order valence-electron chi connectivity index (χ3n) is 4.00. The van der Waals surface area contributed by atoms with Crippen molar-refractivity contribution >= 4 is 28.2 Å². The van der Waals surface area contributed by atoms with Gasteiger partial charge in [0.15, 0.2) is 0 Å². The molecule has 2 rings (SSSR count). The van der Waals surface area contributed by atoms with Crippen molar-refractivity contribution in [1.29, 1.82) is 5.26 Å². The smallest absolute Gasteiger partial charge is 0.341 e. The normalized spacial score (nSPS) is 18.0. The lowest BCUT2D eigenvalue weighted by Gasteiger charge is -2.31. The Hall–Kier alpha value is -1.91. The highest BCUT2D eigenvalue weighted by atomic mass is 32.1. The van der Waals surface area contributed by atoms with Gasteiger partial charge in [-0.1, -0.05) is 0 Å². The Morgan fingerprint density at radius 2 is 2.33 bits per heavy atom. The average molecular weight is 349 g/mol. The van der Waals surface area contributed by atoms with E-state index in [-0.39, 0.29) is 11.8 Å². The van der Waals surface area contributed by atoms with Crippen LogP contribution in [0.3, 0.4) is 0 Å². The molecule has 1 aromatic rings. The van der Waals surface area contributed by atoms with E-state index in [4.69, 9.17) is 10.00 Å². The maximum atomic E-state index is 12.6. The van der Waals surface area contributed by atoms with Crippen molar-refractivity contribution < 1.29 is 14.3 Å². The molecule has 1 unspecified atom stereocenters. The summed E-state index contributed by atoms with van der Waals surface area (Å²) >= 11 is 1.39. The molecule has 2 heterocycles. The zero-order valence-corrected chi connectivity index (χ0v) is 14.9. The predicted octanol–water partition coefficient (Wildman–Crippen LogP) is 2.80. The van der Waals surface area contributed by atoms with Gasteiger partial charge >= 0.3 is 5.97 Å². The highest BCUT2D eigenvalue weighted by Crippen LogP contribution is 2.29. The first-order valence-electron chi connectivity index (χ1n) is 8.22. The van der Waals surface area contributed by atoms with Crippen LogP contribution in [0, 0.1) is 24.2 Å². The molecule has 0 bridgehead atoms. The third kappa shape index (κ3) is 4.79. The van der Waals surface area contributed by atoms with E-state index >= 15 is 0 Å². The Morgan fingerprint density at radius 3 is 3.04 bits per heavy atom. The van der Waals surface area contributed by atoms with Gasteiger partial charge in [-0.2, -0.15) is 5.26 Å². The van der Waals surface area contributed by atoms with E-state index in [0.717, 1.165) is 24.3 Å². The van der Waals surface area contributed by atoms with E-state index in [2.05, 4.69) is 16.3 Å². The summed E-state index contributed by atoms with van der Waals surface area (Å²) in [4.78, 5) is 27.7. The Bertz CT molecular complexity index is 636. The lowest BCUT2D eigenvalue weighted by molar-refractivity contribution is -0.121. The van der Waals surface area contributed by atoms with Crippen LogP contribution in [0.1, 0.15) is 41.4 Å². The van der Waals surface area contributed by atoms with Crippen molar-refractivity contribution in [3.63, 3.8) is 0 Å². The molecule has 1 atom stereocenters. The molecule has 0 spiro atoms. The Kier molecular flexibility index (Phi) is 6.76. The number of esters is 1. The molecule has 0 aliphatic carbocycles. The lowest BCUT2D eigenvalue weighted by atomic mass is 9.97. The topological polar surface area (TPSA) is 82.4 Å². The number of likely N-dealkylation sites (tertiary alicyclic amines) is 1. The van der Waals surface area contributed by atoms with E-state index < -0.39 is 5.97 Å². The Labute approximate surface area is 146 Å². The molecule has 1 aromatic heterocycles. The van der Waals surface area contributed by atoms with Gasteiger partial charge in [0.2, 0.25) is 5.91 Å². The van der Waals surface area contributed by atoms with Gasteiger partial charge in [0.25, 0.3) is 0 Å². The summed E-state index contributed by atoms with van der Waals surface area (Å²) < 4.78 is 5.05. The Balaban J connectivity index is 2.01. The SMILES string of the molecule is CCOC(=O)c1cc(C)sc1NC(=O)C1CCCN(CCC#N)C1. The molecule has 0 saturated carbocycles. The minimum atomic E-state index is -0.406. The molecule has 1 aliphatic heterocycles. The largest absolute Gasteiger partial charge is 0.462 e. The number of hydrogen-bond donors (Lipinski definition) is 1. The van der Waals surface area contributed by atoms with E-state index in [1.807, 2.05) is 6.92 Å². The van der Waals surface area contributed by atoms with Gasteiger partial charge in [-0.05, 0) is 39.3 Å². The molecule has 7 heteroatoms. The van der Waals surface area contributed by atoms with E-state index in [9.17, 15) is 9.59 Å². The van der Waals surface area contributed by atoms with E-state index in [0.29, 0.717) is 36.7 Å². The number of aryl methyl sites for hydroxylation is 1.